The second kappa shape index (κ2) is 9.97. The number of urea groups is 1. The highest BCUT2D eigenvalue weighted by molar-refractivity contribution is 5.97. The molecular formula is C23H29N5O3. The molecule has 8 nitrogen and oxygen atoms in total. The van der Waals surface area contributed by atoms with Gasteiger partial charge in [-0.05, 0) is 36.8 Å². The van der Waals surface area contributed by atoms with Crippen LogP contribution in [0.3, 0.4) is 0 Å². The molecule has 1 saturated heterocycles. The summed E-state index contributed by atoms with van der Waals surface area (Å²) in [4.78, 5) is 42.4. The summed E-state index contributed by atoms with van der Waals surface area (Å²) >= 11 is 0. The predicted molar refractivity (Wildman–Crippen MR) is 121 cm³/mol. The SMILES string of the molecule is Cc1ccc(C(=O)N(C)C)cc1NC(=O)NCC(=O)N1CCN(c2ccccc2)CC1. The largest absolute Gasteiger partial charge is 0.368 e. The van der Waals surface area contributed by atoms with Gasteiger partial charge in [0.15, 0.2) is 0 Å². The minimum Gasteiger partial charge on any atom is -0.368 e. The van der Waals surface area contributed by atoms with Gasteiger partial charge in [0.2, 0.25) is 5.91 Å². The number of hydrogen-bond acceptors (Lipinski definition) is 4. The summed E-state index contributed by atoms with van der Waals surface area (Å²) < 4.78 is 0. The van der Waals surface area contributed by atoms with E-state index in [1.54, 1.807) is 37.2 Å². The summed E-state index contributed by atoms with van der Waals surface area (Å²) in [6.45, 7) is 4.51. The first-order valence-corrected chi connectivity index (χ1v) is 10.3. The van der Waals surface area contributed by atoms with Crippen molar-refractivity contribution in [1.29, 1.82) is 0 Å². The molecule has 1 heterocycles. The lowest BCUT2D eigenvalue weighted by Gasteiger charge is -2.36. The van der Waals surface area contributed by atoms with Gasteiger partial charge in [-0.15, -0.1) is 0 Å². The van der Waals surface area contributed by atoms with Crippen LogP contribution in [0.5, 0.6) is 0 Å². The maximum atomic E-state index is 12.5. The van der Waals surface area contributed by atoms with E-state index >= 15 is 0 Å². The average molecular weight is 424 g/mol. The van der Waals surface area contributed by atoms with Gasteiger partial charge in [0.05, 0.1) is 6.54 Å². The smallest absolute Gasteiger partial charge is 0.319 e. The molecule has 1 aliphatic heterocycles. The number of anilines is 2. The van der Waals surface area contributed by atoms with Gasteiger partial charge in [-0.1, -0.05) is 24.3 Å². The topological polar surface area (TPSA) is 85.0 Å². The molecule has 1 fully saturated rings. The van der Waals surface area contributed by atoms with E-state index in [9.17, 15) is 14.4 Å². The van der Waals surface area contributed by atoms with Crippen LogP contribution in [0.4, 0.5) is 16.2 Å². The summed E-state index contributed by atoms with van der Waals surface area (Å²) in [7, 11) is 3.35. The van der Waals surface area contributed by atoms with Crippen LogP contribution in [0.15, 0.2) is 48.5 Å². The van der Waals surface area contributed by atoms with Crippen molar-refractivity contribution in [2.75, 3.05) is 57.0 Å². The standard InChI is InChI=1S/C23H29N5O3/c1-17-9-10-18(22(30)26(2)3)15-20(17)25-23(31)24-16-21(29)28-13-11-27(12-14-28)19-7-5-4-6-8-19/h4-10,15H,11-14,16H2,1-3H3,(H2,24,25,31). The second-order valence-corrected chi connectivity index (χ2v) is 7.74. The van der Waals surface area contributed by atoms with E-state index in [0.717, 1.165) is 24.3 Å². The normalized spacial score (nSPS) is 13.5. The third-order valence-electron chi connectivity index (χ3n) is 5.29. The minimum atomic E-state index is -0.478. The Kier molecular flexibility index (Phi) is 7.12. The van der Waals surface area contributed by atoms with Crippen LogP contribution in [0.25, 0.3) is 0 Å². The highest BCUT2D eigenvalue weighted by Gasteiger charge is 2.21. The van der Waals surface area contributed by atoms with E-state index < -0.39 is 6.03 Å². The van der Waals surface area contributed by atoms with Gasteiger partial charge in [-0.25, -0.2) is 4.79 Å². The van der Waals surface area contributed by atoms with Crippen LogP contribution < -0.4 is 15.5 Å². The molecule has 0 bridgehead atoms. The lowest BCUT2D eigenvalue weighted by Crippen LogP contribution is -2.51. The average Bonchev–Trinajstić information content (AvgIpc) is 2.79. The highest BCUT2D eigenvalue weighted by atomic mass is 16.2. The monoisotopic (exact) mass is 423 g/mol. The fourth-order valence-corrected chi connectivity index (χ4v) is 3.43. The van der Waals surface area contributed by atoms with Crippen LogP contribution >= 0.6 is 0 Å². The summed E-state index contributed by atoms with van der Waals surface area (Å²) in [6.07, 6.45) is 0. The molecule has 8 heteroatoms. The van der Waals surface area contributed by atoms with Crippen LogP contribution in [-0.2, 0) is 4.79 Å². The number of para-hydroxylation sites is 1. The Labute approximate surface area is 182 Å². The third-order valence-corrected chi connectivity index (χ3v) is 5.29. The molecule has 0 atom stereocenters. The number of piperazine rings is 1. The van der Waals surface area contributed by atoms with Gasteiger partial charge in [-0.2, -0.15) is 0 Å². The summed E-state index contributed by atoms with van der Waals surface area (Å²) in [6, 6.07) is 14.8. The molecular weight excluding hydrogens is 394 g/mol. The first-order valence-electron chi connectivity index (χ1n) is 10.3. The zero-order valence-corrected chi connectivity index (χ0v) is 18.2. The van der Waals surface area contributed by atoms with Gasteiger partial charge in [-0.3, -0.25) is 9.59 Å². The molecule has 2 aromatic rings. The predicted octanol–water partition coefficient (Wildman–Crippen LogP) is 2.17. The third kappa shape index (κ3) is 5.75. The number of nitrogens with zero attached hydrogens (tertiary/aromatic N) is 3. The number of carbonyl (C=O) groups excluding carboxylic acids is 3. The van der Waals surface area contributed by atoms with Crippen molar-refractivity contribution in [2.45, 2.75) is 6.92 Å². The van der Waals surface area contributed by atoms with Crippen molar-refractivity contribution in [3.05, 3.63) is 59.7 Å². The lowest BCUT2D eigenvalue weighted by atomic mass is 10.1. The Morgan fingerprint density at radius 2 is 1.65 bits per heavy atom. The van der Waals surface area contributed by atoms with E-state index in [4.69, 9.17) is 0 Å². The maximum absolute atomic E-state index is 12.5. The van der Waals surface area contributed by atoms with Gasteiger partial charge in [0.1, 0.15) is 0 Å². The number of rotatable bonds is 5. The first-order chi connectivity index (χ1) is 14.8. The van der Waals surface area contributed by atoms with Crippen molar-refractivity contribution in [3.8, 4) is 0 Å². The summed E-state index contributed by atoms with van der Waals surface area (Å²) in [5.41, 5.74) is 3.00. The van der Waals surface area contributed by atoms with Crippen molar-refractivity contribution in [1.82, 2.24) is 15.1 Å². The zero-order chi connectivity index (χ0) is 22.4. The molecule has 3 rings (SSSR count). The number of benzene rings is 2. The Bertz CT molecular complexity index is 937. The van der Waals surface area contributed by atoms with E-state index in [-0.39, 0.29) is 18.4 Å². The fourth-order valence-electron chi connectivity index (χ4n) is 3.43. The molecule has 0 aromatic heterocycles. The Balaban J connectivity index is 1.48. The fraction of sp³-hybridized carbons (Fsp3) is 0.348. The highest BCUT2D eigenvalue weighted by Crippen LogP contribution is 2.18. The Morgan fingerprint density at radius 1 is 0.968 bits per heavy atom. The second-order valence-electron chi connectivity index (χ2n) is 7.74. The van der Waals surface area contributed by atoms with Crippen molar-refractivity contribution in [2.24, 2.45) is 0 Å². The van der Waals surface area contributed by atoms with Crippen molar-refractivity contribution >= 4 is 29.2 Å². The Hall–Kier alpha value is -3.55. The molecule has 2 N–H and O–H groups in total. The molecule has 31 heavy (non-hydrogen) atoms. The number of aryl methyl sites for hydroxylation is 1. The molecule has 164 valence electrons. The number of amides is 4. The summed E-state index contributed by atoms with van der Waals surface area (Å²) in [5, 5.41) is 5.35. The van der Waals surface area contributed by atoms with Crippen LogP contribution in [0.1, 0.15) is 15.9 Å². The van der Waals surface area contributed by atoms with Gasteiger partial charge < -0.3 is 25.3 Å². The summed E-state index contributed by atoms with van der Waals surface area (Å²) in [5.74, 6) is -0.260. The Morgan fingerprint density at radius 3 is 2.29 bits per heavy atom. The zero-order valence-electron chi connectivity index (χ0n) is 18.2. The molecule has 0 unspecified atom stereocenters. The van der Waals surface area contributed by atoms with E-state index in [0.29, 0.717) is 24.3 Å². The number of hydrogen-bond donors (Lipinski definition) is 2. The van der Waals surface area contributed by atoms with Crippen molar-refractivity contribution in [3.63, 3.8) is 0 Å². The molecule has 0 saturated carbocycles. The number of nitrogens with one attached hydrogen (secondary N) is 2. The molecule has 0 aliphatic carbocycles. The van der Waals surface area contributed by atoms with E-state index in [1.807, 2.05) is 25.1 Å². The molecule has 4 amide bonds. The molecule has 0 spiro atoms. The maximum Gasteiger partial charge on any atom is 0.319 e. The molecule has 2 aromatic carbocycles. The van der Waals surface area contributed by atoms with Gasteiger partial charge >= 0.3 is 6.03 Å². The van der Waals surface area contributed by atoms with Crippen molar-refractivity contribution < 1.29 is 14.4 Å². The molecule has 1 aliphatic rings. The molecule has 0 radical (unpaired) electrons. The van der Waals surface area contributed by atoms with Crippen LogP contribution in [0, 0.1) is 6.92 Å². The first kappa shape index (κ1) is 22.1. The van der Waals surface area contributed by atoms with Crippen LogP contribution in [0.2, 0.25) is 0 Å². The van der Waals surface area contributed by atoms with E-state index in [2.05, 4.69) is 27.7 Å². The quantitative estimate of drug-likeness (QED) is 0.772. The van der Waals surface area contributed by atoms with Gasteiger partial charge in [0.25, 0.3) is 5.91 Å². The lowest BCUT2D eigenvalue weighted by molar-refractivity contribution is -0.130. The van der Waals surface area contributed by atoms with Gasteiger partial charge in [0, 0.05) is 57.2 Å². The number of carbonyl (C=O) groups is 3. The van der Waals surface area contributed by atoms with Crippen LogP contribution in [-0.4, -0.2) is 74.5 Å². The minimum absolute atomic E-state index is 0.0768. The van der Waals surface area contributed by atoms with E-state index in [1.165, 1.54) is 4.90 Å².